The van der Waals surface area contributed by atoms with E-state index in [4.69, 9.17) is 0 Å². The summed E-state index contributed by atoms with van der Waals surface area (Å²) in [6, 6.07) is 13.5. The van der Waals surface area contributed by atoms with Gasteiger partial charge in [0.05, 0.1) is 12.1 Å². The third-order valence-corrected chi connectivity index (χ3v) is 4.12. The smallest absolute Gasteiger partial charge is 0.318 e. The second-order valence-electron chi connectivity index (χ2n) is 4.99. The van der Waals surface area contributed by atoms with E-state index in [9.17, 15) is 14.4 Å². The second-order valence-corrected chi connectivity index (χ2v) is 6.15. The molecule has 0 aliphatic rings. The average Bonchev–Trinajstić information content (AvgIpc) is 2.61. The molecule has 4 amide bonds. The number of hydrogen-bond donors (Lipinski definition) is 4. The molecular weight excluding hydrogens is 435 g/mol. The van der Waals surface area contributed by atoms with E-state index in [0.717, 1.165) is 3.57 Å². The number of nitrogens with one attached hydrogen (secondary N) is 4. The minimum atomic E-state index is -0.341. The van der Waals surface area contributed by atoms with Gasteiger partial charge in [-0.05, 0) is 59.0 Å². The molecule has 0 spiro atoms. The molecule has 2 aromatic carbocycles. The van der Waals surface area contributed by atoms with Crippen molar-refractivity contribution in [2.24, 2.45) is 0 Å². The molecular formula is C17H17IN4O3. The Labute approximate surface area is 158 Å². The largest absolute Gasteiger partial charge is 0.343 e. The molecule has 0 heterocycles. The second kappa shape index (κ2) is 9.02. The van der Waals surface area contributed by atoms with E-state index in [2.05, 4.69) is 43.9 Å². The maximum Gasteiger partial charge on any atom is 0.318 e. The molecule has 0 aliphatic heterocycles. The van der Waals surface area contributed by atoms with Crippen molar-refractivity contribution in [3.8, 4) is 0 Å². The van der Waals surface area contributed by atoms with Crippen molar-refractivity contribution in [2.45, 2.75) is 0 Å². The highest BCUT2D eigenvalue weighted by Gasteiger charge is 2.10. The highest BCUT2D eigenvalue weighted by atomic mass is 127. The van der Waals surface area contributed by atoms with Crippen LogP contribution in [0, 0.1) is 3.57 Å². The lowest BCUT2D eigenvalue weighted by atomic mass is 10.2. The zero-order chi connectivity index (χ0) is 18.2. The molecule has 0 aliphatic carbocycles. The molecule has 7 nitrogen and oxygen atoms in total. The van der Waals surface area contributed by atoms with E-state index in [0.29, 0.717) is 16.9 Å². The van der Waals surface area contributed by atoms with Crippen LogP contribution in [0.2, 0.25) is 0 Å². The lowest BCUT2D eigenvalue weighted by molar-refractivity contribution is -0.115. The Bertz CT molecular complexity index is 778. The first-order valence-electron chi connectivity index (χ1n) is 7.41. The van der Waals surface area contributed by atoms with Crippen LogP contribution >= 0.6 is 22.6 Å². The third-order valence-electron chi connectivity index (χ3n) is 3.18. The van der Waals surface area contributed by atoms with Crippen molar-refractivity contribution in [3.05, 3.63) is 57.7 Å². The van der Waals surface area contributed by atoms with Crippen LogP contribution in [0.15, 0.2) is 48.5 Å². The standard InChI is InChI=1S/C17H17IN4O3/c1-19-17(25)22-12-8-6-11(7-9-12)21-15(23)10-20-16(24)13-4-2-3-5-14(13)18/h2-9H,10H2,1H3,(H,20,24)(H,21,23)(H2,19,22,25). The van der Waals surface area contributed by atoms with E-state index in [1.54, 1.807) is 36.4 Å². The Kier molecular flexibility index (Phi) is 6.75. The molecule has 25 heavy (non-hydrogen) atoms. The topological polar surface area (TPSA) is 99.3 Å². The number of rotatable bonds is 5. The Balaban J connectivity index is 1.85. The van der Waals surface area contributed by atoms with E-state index < -0.39 is 0 Å². The number of amides is 4. The minimum Gasteiger partial charge on any atom is -0.343 e. The zero-order valence-electron chi connectivity index (χ0n) is 13.4. The van der Waals surface area contributed by atoms with Gasteiger partial charge in [-0.1, -0.05) is 12.1 Å². The summed E-state index contributed by atoms with van der Waals surface area (Å²) in [6.07, 6.45) is 0. The van der Waals surface area contributed by atoms with E-state index >= 15 is 0 Å². The summed E-state index contributed by atoms with van der Waals surface area (Å²) >= 11 is 2.07. The van der Waals surface area contributed by atoms with Gasteiger partial charge in [0.1, 0.15) is 0 Å². The Hall–Kier alpha value is -2.62. The molecule has 2 rings (SSSR count). The number of anilines is 2. The third kappa shape index (κ3) is 5.75. The molecule has 2 aromatic rings. The molecule has 0 bridgehead atoms. The lowest BCUT2D eigenvalue weighted by Gasteiger charge is -2.09. The van der Waals surface area contributed by atoms with Gasteiger partial charge in [0.2, 0.25) is 5.91 Å². The summed E-state index contributed by atoms with van der Waals surface area (Å²) in [6.45, 7) is -0.137. The number of carbonyl (C=O) groups excluding carboxylic acids is 3. The van der Waals surface area contributed by atoms with Gasteiger partial charge < -0.3 is 21.3 Å². The van der Waals surface area contributed by atoms with Gasteiger partial charge >= 0.3 is 6.03 Å². The van der Waals surface area contributed by atoms with Crippen molar-refractivity contribution < 1.29 is 14.4 Å². The minimum absolute atomic E-state index is 0.137. The Morgan fingerprint density at radius 3 is 2.12 bits per heavy atom. The van der Waals surface area contributed by atoms with Gasteiger partial charge in [0.25, 0.3) is 5.91 Å². The van der Waals surface area contributed by atoms with Gasteiger partial charge in [-0.15, -0.1) is 0 Å². The maximum atomic E-state index is 12.1. The van der Waals surface area contributed by atoms with Gasteiger partial charge in [0.15, 0.2) is 0 Å². The molecule has 0 saturated carbocycles. The van der Waals surface area contributed by atoms with Gasteiger partial charge in [0, 0.05) is 22.0 Å². The summed E-state index contributed by atoms with van der Waals surface area (Å²) in [5, 5.41) is 10.3. The maximum absolute atomic E-state index is 12.1. The predicted molar refractivity (Wildman–Crippen MR) is 105 cm³/mol. The van der Waals surface area contributed by atoms with Gasteiger partial charge in [-0.25, -0.2) is 4.79 Å². The van der Waals surface area contributed by atoms with Crippen LogP contribution in [0.5, 0.6) is 0 Å². The first-order chi connectivity index (χ1) is 12.0. The lowest BCUT2D eigenvalue weighted by Crippen LogP contribution is -2.33. The van der Waals surface area contributed by atoms with E-state index in [1.807, 2.05) is 12.1 Å². The zero-order valence-corrected chi connectivity index (χ0v) is 15.6. The van der Waals surface area contributed by atoms with Crippen LogP contribution in [0.3, 0.4) is 0 Å². The molecule has 8 heteroatoms. The summed E-state index contributed by atoms with van der Waals surface area (Å²) in [5.74, 6) is -0.642. The van der Waals surface area contributed by atoms with Crippen LogP contribution in [0.4, 0.5) is 16.2 Å². The number of hydrogen-bond acceptors (Lipinski definition) is 3. The van der Waals surface area contributed by atoms with E-state index in [-0.39, 0.29) is 24.4 Å². The first-order valence-corrected chi connectivity index (χ1v) is 8.49. The van der Waals surface area contributed by atoms with Crippen molar-refractivity contribution in [2.75, 3.05) is 24.2 Å². The molecule has 0 radical (unpaired) electrons. The van der Waals surface area contributed by atoms with Crippen molar-refractivity contribution in [3.63, 3.8) is 0 Å². The fourth-order valence-electron chi connectivity index (χ4n) is 1.94. The number of benzene rings is 2. The molecule has 0 saturated heterocycles. The van der Waals surface area contributed by atoms with Crippen LogP contribution in [-0.2, 0) is 4.79 Å². The predicted octanol–water partition coefficient (Wildman–Crippen LogP) is 2.41. The van der Waals surface area contributed by atoms with Crippen LogP contribution in [-0.4, -0.2) is 31.4 Å². The highest BCUT2D eigenvalue weighted by molar-refractivity contribution is 14.1. The summed E-state index contributed by atoms with van der Waals surface area (Å²) in [7, 11) is 1.52. The molecule has 0 fully saturated rings. The summed E-state index contributed by atoms with van der Waals surface area (Å²) in [4.78, 5) is 35.2. The quantitative estimate of drug-likeness (QED) is 0.525. The molecule has 0 aromatic heterocycles. The van der Waals surface area contributed by atoms with Crippen molar-refractivity contribution in [1.29, 1.82) is 0 Å². The normalized spacial score (nSPS) is 9.84. The Morgan fingerprint density at radius 1 is 0.920 bits per heavy atom. The van der Waals surface area contributed by atoms with Gasteiger partial charge in [-0.3, -0.25) is 9.59 Å². The van der Waals surface area contributed by atoms with Crippen LogP contribution in [0.25, 0.3) is 0 Å². The fourth-order valence-corrected chi connectivity index (χ4v) is 2.57. The molecule has 0 atom stereocenters. The number of halogens is 1. The fraction of sp³-hybridized carbons (Fsp3) is 0.118. The number of carbonyl (C=O) groups is 3. The highest BCUT2D eigenvalue weighted by Crippen LogP contribution is 2.13. The van der Waals surface area contributed by atoms with Crippen molar-refractivity contribution >= 4 is 51.8 Å². The van der Waals surface area contributed by atoms with E-state index in [1.165, 1.54) is 7.05 Å². The van der Waals surface area contributed by atoms with Gasteiger partial charge in [-0.2, -0.15) is 0 Å². The van der Waals surface area contributed by atoms with Crippen LogP contribution in [0.1, 0.15) is 10.4 Å². The number of urea groups is 1. The summed E-state index contributed by atoms with van der Waals surface area (Å²) < 4.78 is 0.817. The van der Waals surface area contributed by atoms with Crippen LogP contribution < -0.4 is 21.3 Å². The molecule has 4 N–H and O–H groups in total. The monoisotopic (exact) mass is 452 g/mol. The SMILES string of the molecule is CNC(=O)Nc1ccc(NC(=O)CNC(=O)c2ccccc2I)cc1. The molecule has 0 unspecified atom stereocenters. The average molecular weight is 452 g/mol. The Morgan fingerprint density at radius 2 is 1.52 bits per heavy atom. The summed E-state index contributed by atoms with van der Waals surface area (Å²) in [5.41, 5.74) is 1.70. The van der Waals surface area contributed by atoms with Crippen molar-refractivity contribution in [1.82, 2.24) is 10.6 Å². The first kappa shape index (κ1) is 18.7. The molecule has 130 valence electrons.